The van der Waals surface area contributed by atoms with Gasteiger partial charge in [0.2, 0.25) is 17.7 Å². The summed E-state index contributed by atoms with van der Waals surface area (Å²) in [5.41, 5.74) is 4.01. The Morgan fingerprint density at radius 2 is 1.72 bits per heavy atom. The number of nitrogens with one attached hydrogen (secondary N) is 3. The van der Waals surface area contributed by atoms with E-state index >= 15 is 0 Å². The fraction of sp³-hybridized carbons (Fsp3) is 0.609. The summed E-state index contributed by atoms with van der Waals surface area (Å²) in [6.07, 6.45) is 3.09. The number of unbranched alkanes of at least 4 members (excludes halogenated alkanes) is 2. The van der Waals surface area contributed by atoms with Crippen molar-refractivity contribution in [2.75, 3.05) is 33.5 Å². The summed E-state index contributed by atoms with van der Waals surface area (Å²) in [6, 6.07) is 9.47. The maximum atomic E-state index is 14.5. The Hall–Kier alpha value is -4.07. The fourth-order valence-electron chi connectivity index (χ4n) is 9.30. The zero-order chi connectivity index (χ0) is 46.8. The number of hydrogen-bond acceptors (Lipinski definition) is 10. The molecule has 0 spiro atoms. The van der Waals surface area contributed by atoms with Gasteiger partial charge in [0.05, 0.1) is 19.2 Å². The Labute approximate surface area is 381 Å². The number of ether oxygens (including phenoxy) is 2. The Bertz CT molecular complexity index is 2030. The predicted octanol–water partition coefficient (Wildman–Crippen LogP) is 4.51. The second kappa shape index (κ2) is 23.4. The lowest BCUT2D eigenvalue weighted by atomic mass is 9.90. The topological polar surface area (TPSA) is 178 Å². The van der Waals surface area contributed by atoms with E-state index in [1.54, 1.807) is 33.3 Å². The number of carbonyl (C=O) groups is 3. The third-order valence-corrected chi connectivity index (χ3v) is 13.8. The van der Waals surface area contributed by atoms with Crippen LogP contribution in [0.3, 0.4) is 0 Å². The number of rotatable bonds is 21. The quantitative estimate of drug-likeness (QED) is 0.0773. The van der Waals surface area contributed by atoms with E-state index < -0.39 is 55.4 Å². The van der Waals surface area contributed by atoms with Gasteiger partial charge in [0.1, 0.15) is 35.6 Å². The van der Waals surface area contributed by atoms with Crippen molar-refractivity contribution in [2.24, 2.45) is 13.0 Å². The van der Waals surface area contributed by atoms with Crippen molar-refractivity contribution in [3.05, 3.63) is 58.9 Å². The van der Waals surface area contributed by atoms with Crippen LogP contribution >= 0.6 is 11.8 Å². The van der Waals surface area contributed by atoms with Crippen LogP contribution in [0.4, 0.5) is 8.63 Å². The van der Waals surface area contributed by atoms with Crippen molar-refractivity contribution in [3.63, 3.8) is 0 Å². The molecule has 0 saturated carbocycles. The van der Waals surface area contributed by atoms with Crippen LogP contribution in [0, 0.1) is 5.92 Å². The van der Waals surface area contributed by atoms with Crippen LogP contribution in [0.15, 0.2) is 53.2 Å². The molecule has 64 heavy (non-hydrogen) atoms. The highest BCUT2D eigenvalue weighted by Crippen LogP contribution is 2.33. The number of methoxy groups -OCH3 is 1. The van der Waals surface area contributed by atoms with Gasteiger partial charge < -0.3 is 45.3 Å². The average molecular weight is 914 g/mol. The summed E-state index contributed by atoms with van der Waals surface area (Å²) in [6.45, 7) is 8.48. The number of benzene rings is 1. The number of aromatic nitrogens is 1. The van der Waals surface area contributed by atoms with Crippen molar-refractivity contribution < 1.29 is 52.3 Å². The van der Waals surface area contributed by atoms with E-state index in [1.807, 2.05) is 66.9 Å². The highest BCUT2D eigenvalue weighted by atomic mass is 32.2. The number of hydrogen-bond donors (Lipinski definition) is 6. The van der Waals surface area contributed by atoms with Crippen LogP contribution < -0.4 is 20.7 Å². The lowest BCUT2D eigenvalue weighted by Gasteiger charge is -2.45. The molecule has 1 aromatic heterocycles. The highest BCUT2D eigenvalue weighted by Gasteiger charge is 2.49. The Balaban J connectivity index is 1.10. The fourth-order valence-corrected chi connectivity index (χ4v) is 9.98. The highest BCUT2D eigenvalue weighted by molar-refractivity contribution is 7.99. The molecule has 5 rings (SSSR count). The minimum atomic E-state index is -2.76. The Kier molecular flexibility index (Phi) is 18.6. The Morgan fingerprint density at radius 3 is 2.38 bits per heavy atom. The first-order chi connectivity index (χ1) is 30.5. The smallest absolute Gasteiger partial charge is 0.497 e. The zero-order valence-corrected chi connectivity index (χ0v) is 39.3. The van der Waals surface area contributed by atoms with E-state index in [0.717, 1.165) is 46.6 Å². The maximum absolute atomic E-state index is 14.5. The van der Waals surface area contributed by atoms with Gasteiger partial charge in [-0.05, 0) is 107 Å². The third-order valence-electron chi connectivity index (χ3n) is 13.0. The van der Waals surface area contributed by atoms with Crippen molar-refractivity contribution >= 4 is 48.7 Å². The van der Waals surface area contributed by atoms with Gasteiger partial charge >= 0.3 is 7.40 Å². The van der Waals surface area contributed by atoms with E-state index in [1.165, 1.54) is 11.8 Å². The van der Waals surface area contributed by atoms with Crippen LogP contribution in [-0.2, 0) is 26.2 Å². The molecule has 3 aliphatic heterocycles. The number of thioether (sulfide) groups is 1. The van der Waals surface area contributed by atoms with Crippen LogP contribution in [0.5, 0.6) is 5.75 Å². The second-order valence-corrected chi connectivity index (χ2v) is 18.3. The first kappa shape index (κ1) is 50.9. The SMILES string of the molecule is CCCC1C[C@@H](C(=O)N[C@@H](C2O[C@H](SC)[C@H](O)[C@@H](O)C2O)[C@@H](C)NC(=O)CCCCCNC(=O)CCC2=C(C)/C(=C/c3ccc(-c4ccc(OC)cc4)n3C)[N+](B(F)F)=C2C)N(C)C1. The number of aliphatic hydroxyl groups is 3. The summed E-state index contributed by atoms with van der Waals surface area (Å²) < 4.78 is 43.3. The number of aliphatic hydroxyl groups excluding tert-OH is 3. The van der Waals surface area contributed by atoms with E-state index in [2.05, 4.69) is 22.9 Å². The van der Waals surface area contributed by atoms with Gasteiger partial charge in [-0.15, -0.1) is 11.8 Å². The minimum absolute atomic E-state index is 0.127. The number of amides is 3. The molecule has 3 amide bonds. The number of allylic oxidation sites excluding steroid dienone is 2. The number of nitrogens with zero attached hydrogens (tertiary/aromatic N) is 3. The molecule has 6 N–H and O–H groups in total. The largest absolute Gasteiger partial charge is 0.934 e. The standard InChI is InChI=1S/C46H67BF2N6O8S/c1-9-13-30-24-37(53(5)26-30)45(61)52-40(44-42(59)41(58)43(60)46(63-44)64-8)28(3)51-39(57)14-11-10-12-23-50-38(56)22-20-34-27(2)36(55(29(34)4)47(48)49)25-32-17-21-35(54(32)6)31-15-18-33(62-7)19-16-31/h15-19,21,25,28,30,37,40-44,46,58-60H,9-14,20,22-24,26H2,1-8H3,(H2-,50,51,52,56,57,61)/p+1/t28-,30?,37+,40-,41+,42?,43-,44?,46-/m1/s1. The van der Waals surface area contributed by atoms with Crippen molar-refractivity contribution in [3.8, 4) is 17.0 Å². The van der Waals surface area contributed by atoms with Gasteiger partial charge in [-0.1, -0.05) is 19.8 Å². The molecule has 14 nitrogen and oxygen atoms in total. The van der Waals surface area contributed by atoms with Gasteiger partial charge in [-0.25, -0.2) is 13.1 Å². The van der Waals surface area contributed by atoms with E-state index in [0.29, 0.717) is 67.1 Å². The van der Waals surface area contributed by atoms with Gasteiger partial charge in [-0.2, -0.15) is 0 Å². The van der Waals surface area contributed by atoms with Gasteiger partial charge in [0, 0.05) is 74.6 Å². The zero-order valence-electron chi connectivity index (χ0n) is 38.5. The first-order valence-corrected chi connectivity index (χ1v) is 23.7. The molecule has 0 radical (unpaired) electrons. The molecule has 1 aromatic carbocycles. The molecule has 18 heteroatoms. The van der Waals surface area contributed by atoms with Gasteiger partial charge in [0.15, 0.2) is 11.4 Å². The molecule has 4 heterocycles. The normalized spacial score (nSPS) is 25.5. The number of carbonyl (C=O) groups excluding carboxylic acids is 3. The summed E-state index contributed by atoms with van der Waals surface area (Å²) >= 11 is 1.17. The van der Waals surface area contributed by atoms with Crippen molar-refractivity contribution in [1.29, 1.82) is 0 Å². The summed E-state index contributed by atoms with van der Waals surface area (Å²) in [5, 5.41) is 41.1. The monoisotopic (exact) mass is 913 g/mol. The third kappa shape index (κ3) is 12.2. The Morgan fingerprint density at radius 1 is 1.00 bits per heavy atom. The maximum Gasteiger partial charge on any atom is 0.934 e. The molecule has 3 unspecified atom stereocenters. The van der Waals surface area contributed by atoms with E-state index in [4.69, 9.17) is 9.47 Å². The molecule has 2 saturated heterocycles. The molecular weight excluding hydrogens is 845 g/mol. The minimum Gasteiger partial charge on any atom is -0.497 e. The number of halogens is 2. The molecular formula is C46H68BF2N6O8S+. The molecule has 3 aliphatic rings. The molecule has 0 aliphatic carbocycles. The lowest BCUT2D eigenvalue weighted by Crippen LogP contribution is -2.67. The molecule has 352 valence electrons. The summed E-state index contributed by atoms with van der Waals surface area (Å²) in [4.78, 5) is 41.8. The average Bonchev–Trinajstić information content (AvgIpc) is 3.90. The van der Waals surface area contributed by atoms with E-state index in [9.17, 15) is 38.3 Å². The lowest BCUT2D eigenvalue weighted by molar-refractivity contribution is -0.342. The van der Waals surface area contributed by atoms with Crippen molar-refractivity contribution in [2.45, 2.75) is 133 Å². The molecule has 9 atom stereocenters. The summed E-state index contributed by atoms with van der Waals surface area (Å²) in [5.74, 6) is 0.398. The van der Waals surface area contributed by atoms with Crippen LogP contribution in [0.25, 0.3) is 17.3 Å². The molecule has 2 fully saturated rings. The summed E-state index contributed by atoms with van der Waals surface area (Å²) in [7, 11) is 2.64. The first-order valence-electron chi connectivity index (χ1n) is 22.4. The van der Waals surface area contributed by atoms with Crippen LogP contribution in [-0.4, -0.2) is 142 Å². The van der Waals surface area contributed by atoms with Crippen molar-refractivity contribution in [1.82, 2.24) is 25.4 Å². The second-order valence-electron chi connectivity index (χ2n) is 17.4. The van der Waals surface area contributed by atoms with E-state index in [-0.39, 0.29) is 30.6 Å². The van der Waals surface area contributed by atoms with Crippen LogP contribution in [0.1, 0.15) is 91.2 Å². The molecule has 0 bridgehead atoms. The predicted molar refractivity (Wildman–Crippen MR) is 247 cm³/mol. The van der Waals surface area contributed by atoms with Crippen LogP contribution in [0.2, 0.25) is 0 Å². The number of likely N-dealkylation sites (tertiary alicyclic amines) is 1. The number of likely N-dealkylation sites (N-methyl/N-ethyl adjacent to an activating group) is 1. The van der Waals surface area contributed by atoms with Gasteiger partial charge in [0.25, 0.3) is 0 Å². The van der Waals surface area contributed by atoms with Gasteiger partial charge in [-0.3, -0.25) is 19.3 Å². The molecule has 2 aromatic rings.